The number of carbonyl (C=O) groups excluding carboxylic acids is 3. The van der Waals surface area contributed by atoms with Crippen molar-refractivity contribution in [3.63, 3.8) is 0 Å². The predicted molar refractivity (Wildman–Crippen MR) is 201 cm³/mol. The van der Waals surface area contributed by atoms with Crippen molar-refractivity contribution in [1.82, 2.24) is 0 Å². The molecule has 0 aromatic heterocycles. The second-order valence-electron chi connectivity index (χ2n) is 15.2. The maximum Gasteiger partial charge on any atom is 0.306 e. The molecule has 0 aromatic rings. The molecule has 6 heteroatoms. The summed E-state index contributed by atoms with van der Waals surface area (Å²) in [5.41, 5.74) is 0. The van der Waals surface area contributed by atoms with E-state index in [0.717, 1.165) is 76.0 Å². The van der Waals surface area contributed by atoms with Crippen LogP contribution in [0, 0.1) is 11.8 Å². The summed E-state index contributed by atoms with van der Waals surface area (Å²) in [7, 11) is 0. The zero-order valence-electron chi connectivity index (χ0n) is 32.6. The summed E-state index contributed by atoms with van der Waals surface area (Å²) in [6.07, 6.45) is 31.3. The molecule has 0 rings (SSSR count). The van der Waals surface area contributed by atoms with Crippen LogP contribution in [0.3, 0.4) is 0 Å². The Kier molecular flexibility index (Phi) is 34.1. The van der Waals surface area contributed by atoms with Crippen LogP contribution in [0.1, 0.15) is 221 Å². The number of hydrogen-bond acceptors (Lipinski definition) is 6. The maximum atomic E-state index is 12.6. The van der Waals surface area contributed by atoms with Crippen molar-refractivity contribution < 1.29 is 28.6 Å². The van der Waals surface area contributed by atoms with E-state index in [0.29, 0.717) is 19.3 Å². The van der Waals surface area contributed by atoms with Gasteiger partial charge in [-0.25, -0.2) is 0 Å². The van der Waals surface area contributed by atoms with Crippen molar-refractivity contribution in [2.24, 2.45) is 11.8 Å². The fourth-order valence-electron chi connectivity index (χ4n) is 6.05. The molecular weight excluding hydrogens is 600 g/mol. The molecule has 0 fully saturated rings. The maximum absolute atomic E-state index is 12.6. The first-order valence-electron chi connectivity index (χ1n) is 20.7. The molecule has 0 unspecified atom stereocenters. The average molecular weight is 681 g/mol. The van der Waals surface area contributed by atoms with Crippen LogP contribution in [-0.4, -0.2) is 37.2 Å². The number of ether oxygens (including phenoxy) is 3. The third kappa shape index (κ3) is 35.7. The molecule has 48 heavy (non-hydrogen) atoms. The van der Waals surface area contributed by atoms with Crippen LogP contribution in [0.2, 0.25) is 0 Å². The van der Waals surface area contributed by atoms with Crippen LogP contribution in [0.25, 0.3) is 0 Å². The van der Waals surface area contributed by atoms with Crippen molar-refractivity contribution in [1.29, 1.82) is 0 Å². The van der Waals surface area contributed by atoms with Crippen LogP contribution in [0.5, 0.6) is 0 Å². The van der Waals surface area contributed by atoms with Crippen molar-refractivity contribution >= 4 is 17.9 Å². The van der Waals surface area contributed by atoms with Gasteiger partial charge < -0.3 is 14.2 Å². The first kappa shape index (κ1) is 46.4. The van der Waals surface area contributed by atoms with Gasteiger partial charge in [0.15, 0.2) is 6.10 Å². The van der Waals surface area contributed by atoms with Gasteiger partial charge in [0.05, 0.1) is 0 Å². The number of carbonyl (C=O) groups is 3. The lowest BCUT2D eigenvalue weighted by Crippen LogP contribution is -2.30. The van der Waals surface area contributed by atoms with E-state index >= 15 is 0 Å². The van der Waals surface area contributed by atoms with E-state index in [1.807, 2.05) is 0 Å². The largest absolute Gasteiger partial charge is 0.462 e. The molecule has 0 aliphatic carbocycles. The predicted octanol–water partition coefficient (Wildman–Crippen LogP) is 12.6. The molecule has 0 aromatic carbocycles. The van der Waals surface area contributed by atoms with Gasteiger partial charge in [-0.05, 0) is 31.1 Å². The molecule has 0 aliphatic heterocycles. The highest BCUT2D eigenvalue weighted by Crippen LogP contribution is 2.16. The molecule has 0 aliphatic rings. The summed E-state index contributed by atoms with van der Waals surface area (Å²) in [5, 5.41) is 0. The Morgan fingerprint density at radius 1 is 0.396 bits per heavy atom. The molecule has 0 saturated carbocycles. The highest BCUT2D eigenvalue weighted by Gasteiger charge is 2.19. The molecule has 1 atom stereocenters. The Bertz CT molecular complexity index is 734. The molecule has 0 saturated heterocycles. The third-order valence-electron chi connectivity index (χ3n) is 9.22. The number of unbranched alkanes of at least 4 members (excludes halogenated alkanes) is 21. The Morgan fingerprint density at radius 2 is 0.688 bits per heavy atom. The van der Waals surface area contributed by atoms with E-state index in [9.17, 15) is 14.4 Å². The van der Waals surface area contributed by atoms with Gasteiger partial charge in [-0.15, -0.1) is 0 Å². The molecule has 0 bridgehead atoms. The van der Waals surface area contributed by atoms with Crippen molar-refractivity contribution in [3.8, 4) is 0 Å². The third-order valence-corrected chi connectivity index (χ3v) is 9.22. The second-order valence-corrected chi connectivity index (χ2v) is 15.2. The first-order chi connectivity index (χ1) is 23.2. The van der Waals surface area contributed by atoms with E-state index in [-0.39, 0.29) is 31.1 Å². The van der Waals surface area contributed by atoms with Crippen LogP contribution < -0.4 is 0 Å². The summed E-state index contributed by atoms with van der Waals surface area (Å²) in [6.45, 7) is 11.2. The standard InChI is InChI=1S/C42H80O6/c1-6-7-8-20-27-32-40(43)46-35-39(48-42(45)34-29-24-19-18-22-26-31-38(4)5)36-47-41(44)33-28-23-17-15-13-11-9-10-12-14-16-21-25-30-37(2)3/h37-39H,6-36H2,1-5H3/t39-/m0/s1. The van der Waals surface area contributed by atoms with Crippen LogP contribution in [0.4, 0.5) is 0 Å². The fraction of sp³-hybridized carbons (Fsp3) is 0.929. The molecule has 284 valence electrons. The van der Waals surface area contributed by atoms with E-state index < -0.39 is 6.10 Å². The molecule has 0 radical (unpaired) electrons. The average Bonchev–Trinajstić information content (AvgIpc) is 3.04. The van der Waals surface area contributed by atoms with Gasteiger partial charge in [0.1, 0.15) is 13.2 Å². The lowest BCUT2D eigenvalue weighted by atomic mass is 10.0. The highest BCUT2D eigenvalue weighted by atomic mass is 16.6. The Balaban J connectivity index is 4.17. The first-order valence-corrected chi connectivity index (χ1v) is 20.7. The summed E-state index contributed by atoms with van der Waals surface area (Å²) in [5.74, 6) is 0.717. The second kappa shape index (κ2) is 35.2. The Hall–Kier alpha value is -1.59. The summed E-state index contributed by atoms with van der Waals surface area (Å²) >= 11 is 0. The molecule has 6 nitrogen and oxygen atoms in total. The minimum absolute atomic E-state index is 0.0673. The molecule has 0 heterocycles. The quantitative estimate of drug-likeness (QED) is 0.0372. The lowest BCUT2D eigenvalue weighted by molar-refractivity contribution is -0.167. The van der Waals surface area contributed by atoms with Gasteiger partial charge in [0.2, 0.25) is 0 Å². The minimum atomic E-state index is -0.758. The van der Waals surface area contributed by atoms with Crippen molar-refractivity contribution in [3.05, 3.63) is 0 Å². The lowest BCUT2D eigenvalue weighted by Gasteiger charge is -2.18. The van der Waals surface area contributed by atoms with Crippen molar-refractivity contribution in [2.75, 3.05) is 13.2 Å². The number of esters is 3. The molecule has 0 spiro atoms. The normalized spacial score (nSPS) is 12.1. The van der Waals surface area contributed by atoms with Crippen LogP contribution in [-0.2, 0) is 28.6 Å². The Morgan fingerprint density at radius 3 is 1.02 bits per heavy atom. The van der Waals surface area contributed by atoms with Gasteiger partial charge in [0.25, 0.3) is 0 Å². The summed E-state index contributed by atoms with van der Waals surface area (Å²) < 4.78 is 16.5. The summed E-state index contributed by atoms with van der Waals surface area (Å²) in [4.78, 5) is 37.3. The number of rotatable bonds is 36. The Labute approximate surface area is 298 Å². The monoisotopic (exact) mass is 681 g/mol. The van der Waals surface area contributed by atoms with Gasteiger partial charge in [-0.3, -0.25) is 14.4 Å². The summed E-state index contributed by atoms with van der Waals surface area (Å²) in [6, 6.07) is 0. The van der Waals surface area contributed by atoms with Crippen molar-refractivity contribution in [2.45, 2.75) is 227 Å². The topological polar surface area (TPSA) is 78.9 Å². The van der Waals surface area contributed by atoms with Gasteiger partial charge in [-0.2, -0.15) is 0 Å². The van der Waals surface area contributed by atoms with Crippen LogP contribution in [0.15, 0.2) is 0 Å². The fourth-order valence-corrected chi connectivity index (χ4v) is 6.05. The number of hydrogen-bond donors (Lipinski definition) is 0. The highest BCUT2D eigenvalue weighted by molar-refractivity contribution is 5.71. The van der Waals surface area contributed by atoms with E-state index in [1.54, 1.807) is 0 Å². The van der Waals surface area contributed by atoms with Gasteiger partial charge in [0, 0.05) is 19.3 Å². The van der Waals surface area contributed by atoms with Crippen LogP contribution >= 0.6 is 0 Å². The van der Waals surface area contributed by atoms with Gasteiger partial charge in [-0.1, -0.05) is 182 Å². The molecule has 0 amide bonds. The minimum Gasteiger partial charge on any atom is -0.462 e. The zero-order valence-corrected chi connectivity index (χ0v) is 32.6. The van der Waals surface area contributed by atoms with Gasteiger partial charge >= 0.3 is 17.9 Å². The molecular formula is C42H80O6. The smallest absolute Gasteiger partial charge is 0.306 e. The van der Waals surface area contributed by atoms with E-state index in [4.69, 9.17) is 14.2 Å². The van der Waals surface area contributed by atoms with E-state index in [1.165, 1.54) is 103 Å². The molecule has 0 N–H and O–H groups in total. The zero-order chi connectivity index (χ0) is 35.5. The SMILES string of the molecule is CCCCCCCC(=O)OC[C@@H](COC(=O)CCCCCCCCCCCCCCCC(C)C)OC(=O)CCCCCCCCC(C)C. The van der Waals surface area contributed by atoms with E-state index in [2.05, 4.69) is 34.6 Å².